The summed E-state index contributed by atoms with van der Waals surface area (Å²) in [5.74, 6) is -0.191. The van der Waals surface area contributed by atoms with E-state index in [1.54, 1.807) is 12.1 Å². The van der Waals surface area contributed by atoms with Gasteiger partial charge in [-0.25, -0.2) is 4.39 Å². The Kier molecular flexibility index (Phi) is 2.76. The van der Waals surface area contributed by atoms with Crippen LogP contribution in [0.15, 0.2) is 24.8 Å². The van der Waals surface area contributed by atoms with Crippen LogP contribution < -0.4 is 5.19 Å². The van der Waals surface area contributed by atoms with Gasteiger partial charge in [-0.2, -0.15) is 0 Å². The van der Waals surface area contributed by atoms with Crippen molar-refractivity contribution in [2.75, 3.05) is 0 Å². The summed E-state index contributed by atoms with van der Waals surface area (Å²) < 4.78 is 13.3. The molecule has 1 atom stereocenters. The quantitative estimate of drug-likeness (QED) is 0.686. The van der Waals surface area contributed by atoms with Crippen molar-refractivity contribution in [3.05, 3.63) is 36.2 Å². The number of hydrogen-bond acceptors (Lipinski definition) is 1. The fourth-order valence-electron chi connectivity index (χ4n) is 2.55. The molecule has 1 nitrogen and oxygen atoms in total. The second kappa shape index (κ2) is 3.82. The highest BCUT2D eigenvalue weighted by Crippen LogP contribution is 2.28. The number of fused-ring (bicyclic) bond motifs is 1. The van der Waals surface area contributed by atoms with E-state index in [0.717, 1.165) is 22.4 Å². The van der Waals surface area contributed by atoms with Crippen LogP contribution in [-0.2, 0) is 0 Å². The molecule has 1 heterocycles. The lowest BCUT2D eigenvalue weighted by molar-refractivity contribution is 0.200. The third-order valence-corrected chi connectivity index (χ3v) is 6.68. The smallest absolute Gasteiger partial charge is 0.123 e. The second-order valence-corrected chi connectivity index (χ2v) is 9.95. The van der Waals surface area contributed by atoms with Gasteiger partial charge in [-0.15, -0.1) is 0 Å². The van der Waals surface area contributed by atoms with Crippen LogP contribution in [0.2, 0.25) is 19.1 Å². The van der Waals surface area contributed by atoms with Crippen molar-refractivity contribution in [3.63, 3.8) is 0 Å². The van der Waals surface area contributed by atoms with Gasteiger partial charge in [-0.1, -0.05) is 25.7 Å². The first kappa shape index (κ1) is 11.5. The van der Waals surface area contributed by atoms with E-state index in [0.29, 0.717) is 6.42 Å². The number of halogens is 1. The van der Waals surface area contributed by atoms with Crippen molar-refractivity contribution in [1.29, 1.82) is 0 Å². The van der Waals surface area contributed by atoms with E-state index >= 15 is 0 Å². The van der Waals surface area contributed by atoms with Crippen LogP contribution in [-0.4, -0.2) is 19.3 Å². The summed E-state index contributed by atoms with van der Waals surface area (Å²) in [5, 5.41) is 11.0. The predicted octanol–water partition coefficient (Wildman–Crippen LogP) is 2.52. The molecule has 1 N–H and O–H groups in total. The molecule has 1 unspecified atom stereocenters. The third kappa shape index (κ3) is 1.97. The molecule has 3 heteroatoms. The molecule has 2 rings (SSSR count). The van der Waals surface area contributed by atoms with Gasteiger partial charge in [0, 0.05) is 0 Å². The zero-order chi connectivity index (χ0) is 11.9. The molecule has 1 aromatic carbocycles. The summed E-state index contributed by atoms with van der Waals surface area (Å²) in [6.45, 7) is 8.35. The lowest BCUT2D eigenvalue weighted by Crippen LogP contribution is -2.44. The topological polar surface area (TPSA) is 20.2 Å². The molecule has 0 bridgehead atoms. The minimum Gasteiger partial charge on any atom is -0.393 e. The second-order valence-electron chi connectivity index (χ2n) is 5.24. The van der Waals surface area contributed by atoms with E-state index in [1.807, 2.05) is 0 Å². The molecule has 0 amide bonds. The van der Waals surface area contributed by atoms with E-state index < -0.39 is 8.07 Å². The van der Waals surface area contributed by atoms with Gasteiger partial charge in [0.1, 0.15) is 5.82 Å². The molecule has 0 saturated carbocycles. The summed E-state index contributed by atoms with van der Waals surface area (Å²) in [5.41, 5.74) is 1.98. The van der Waals surface area contributed by atoms with Gasteiger partial charge in [0.15, 0.2) is 0 Å². The molecule has 0 aromatic heterocycles. The first-order valence-electron chi connectivity index (χ1n) is 5.56. The molecule has 1 aliphatic heterocycles. The highest BCUT2D eigenvalue weighted by atomic mass is 28.3. The van der Waals surface area contributed by atoms with Crippen molar-refractivity contribution in [1.82, 2.24) is 0 Å². The highest BCUT2D eigenvalue weighted by molar-refractivity contribution is 6.90. The first-order chi connectivity index (χ1) is 7.40. The number of rotatable bonds is 0. The van der Waals surface area contributed by atoms with Crippen LogP contribution in [0, 0.1) is 5.82 Å². The summed E-state index contributed by atoms with van der Waals surface area (Å²) in [4.78, 5) is 0. The van der Waals surface area contributed by atoms with Crippen molar-refractivity contribution in [3.8, 4) is 0 Å². The largest absolute Gasteiger partial charge is 0.393 e. The van der Waals surface area contributed by atoms with Gasteiger partial charge >= 0.3 is 0 Å². The maximum Gasteiger partial charge on any atom is 0.123 e. The predicted molar refractivity (Wildman–Crippen MR) is 68.0 cm³/mol. The Morgan fingerprint density at radius 2 is 2.12 bits per heavy atom. The summed E-state index contributed by atoms with van der Waals surface area (Å²) >= 11 is 0. The summed E-state index contributed by atoms with van der Waals surface area (Å²) in [7, 11) is -1.75. The maximum atomic E-state index is 13.3. The summed E-state index contributed by atoms with van der Waals surface area (Å²) in [6.07, 6.45) is 0.277. The Balaban J connectivity index is 2.61. The fraction of sp³-hybridized carbons (Fsp3) is 0.385. The van der Waals surface area contributed by atoms with E-state index in [4.69, 9.17) is 0 Å². The van der Waals surface area contributed by atoms with E-state index in [1.165, 1.54) is 6.07 Å². The van der Waals surface area contributed by atoms with Crippen LogP contribution in [0.3, 0.4) is 0 Å². The molecule has 0 fully saturated rings. The molecule has 0 aliphatic carbocycles. The molecule has 1 aromatic rings. The molecule has 0 radical (unpaired) electrons. The van der Waals surface area contributed by atoms with Crippen LogP contribution in [0.25, 0.3) is 5.57 Å². The summed E-state index contributed by atoms with van der Waals surface area (Å²) in [6, 6.07) is 5.69. The van der Waals surface area contributed by atoms with Crippen molar-refractivity contribution < 1.29 is 9.50 Å². The zero-order valence-electron chi connectivity index (χ0n) is 9.76. The standard InChI is InChI=1S/C13H17FOSi/c1-9-6-11(15)8-16(2,3)13-7-10(14)4-5-12(9)13/h4-5,7,11,15H,1,6,8H2,2-3H3. The highest BCUT2D eigenvalue weighted by Gasteiger charge is 2.33. The van der Waals surface area contributed by atoms with Gasteiger partial charge < -0.3 is 5.11 Å². The lowest BCUT2D eigenvalue weighted by Gasteiger charge is -2.24. The number of hydrogen-bond donors (Lipinski definition) is 1. The average molecular weight is 236 g/mol. The molecular formula is C13H17FOSi. The Labute approximate surface area is 96.6 Å². The van der Waals surface area contributed by atoms with Crippen LogP contribution in [0.4, 0.5) is 4.39 Å². The Hall–Kier alpha value is -0.933. The molecule has 16 heavy (non-hydrogen) atoms. The fourth-order valence-corrected chi connectivity index (χ4v) is 5.61. The van der Waals surface area contributed by atoms with Gasteiger partial charge in [0.25, 0.3) is 0 Å². The molecular weight excluding hydrogens is 219 g/mol. The van der Waals surface area contributed by atoms with E-state index in [2.05, 4.69) is 19.7 Å². The van der Waals surface area contributed by atoms with Gasteiger partial charge in [-0.05, 0) is 40.9 Å². The van der Waals surface area contributed by atoms with E-state index in [9.17, 15) is 9.50 Å². The number of aliphatic hydroxyl groups excluding tert-OH is 1. The molecule has 0 spiro atoms. The number of benzene rings is 1. The van der Waals surface area contributed by atoms with Crippen molar-refractivity contribution in [2.24, 2.45) is 0 Å². The lowest BCUT2D eigenvalue weighted by atomic mass is 10.0. The Bertz CT molecular complexity index is 440. The normalized spacial score (nSPS) is 23.8. The van der Waals surface area contributed by atoms with E-state index in [-0.39, 0.29) is 11.9 Å². The van der Waals surface area contributed by atoms with Crippen LogP contribution in [0.5, 0.6) is 0 Å². The zero-order valence-corrected chi connectivity index (χ0v) is 10.8. The SMILES string of the molecule is C=C1CC(O)C[Si](C)(C)c2cc(F)ccc21. The van der Waals surface area contributed by atoms with Gasteiger partial charge in [-0.3, -0.25) is 0 Å². The van der Waals surface area contributed by atoms with Gasteiger partial charge in [0.2, 0.25) is 0 Å². The van der Waals surface area contributed by atoms with Crippen molar-refractivity contribution in [2.45, 2.75) is 31.7 Å². The van der Waals surface area contributed by atoms with Crippen LogP contribution >= 0.6 is 0 Å². The Morgan fingerprint density at radius 1 is 1.44 bits per heavy atom. The maximum absolute atomic E-state index is 13.3. The van der Waals surface area contributed by atoms with Crippen molar-refractivity contribution >= 4 is 18.8 Å². The average Bonchev–Trinajstić information content (AvgIpc) is 2.22. The first-order valence-corrected chi connectivity index (χ1v) is 8.77. The Morgan fingerprint density at radius 3 is 2.81 bits per heavy atom. The van der Waals surface area contributed by atoms with Crippen LogP contribution in [0.1, 0.15) is 12.0 Å². The molecule has 0 saturated heterocycles. The van der Waals surface area contributed by atoms with Gasteiger partial charge in [0.05, 0.1) is 14.2 Å². The monoisotopic (exact) mass is 236 g/mol. The minimum atomic E-state index is -1.75. The third-order valence-electron chi connectivity index (χ3n) is 3.32. The minimum absolute atomic E-state index is 0.191. The molecule has 1 aliphatic rings. The molecule has 86 valence electrons. The number of aliphatic hydroxyl groups is 1.